The normalized spacial score (nSPS) is 23.0. The Bertz CT molecular complexity index is 323. The zero-order valence-corrected chi connectivity index (χ0v) is 10.9. The second-order valence-electron chi connectivity index (χ2n) is 5.28. The second-order valence-corrected chi connectivity index (χ2v) is 5.28. The highest BCUT2D eigenvalue weighted by atomic mass is 16.5. The Morgan fingerprint density at radius 2 is 2.06 bits per heavy atom. The molecule has 0 aromatic heterocycles. The van der Waals surface area contributed by atoms with E-state index in [1.807, 2.05) is 0 Å². The molecular formula is C15H23NO. The lowest BCUT2D eigenvalue weighted by molar-refractivity contribution is 0.111. The summed E-state index contributed by atoms with van der Waals surface area (Å²) in [4.78, 5) is 0. The van der Waals surface area contributed by atoms with Crippen molar-refractivity contribution in [2.75, 3.05) is 19.8 Å². The van der Waals surface area contributed by atoms with Crippen LogP contribution in [-0.2, 0) is 4.74 Å². The van der Waals surface area contributed by atoms with Crippen LogP contribution in [0.25, 0.3) is 0 Å². The van der Waals surface area contributed by atoms with Crippen LogP contribution in [0, 0.1) is 5.92 Å². The Kier molecular flexibility index (Phi) is 4.57. The quantitative estimate of drug-likeness (QED) is 0.731. The maximum absolute atomic E-state index is 5.55. The van der Waals surface area contributed by atoms with Gasteiger partial charge >= 0.3 is 0 Å². The van der Waals surface area contributed by atoms with Crippen molar-refractivity contribution in [3.8, 4) is 0 Å². The monoisotopic (exact) mass is 233 g/mol. The minimum Gasteiger partial charge on any atom is -0.380 e. The molecule has 0 spiro atoms. The van der Waals surface area contributed by atoms with Gasteiger partial charge < -0.3 is 10.1 Å². The van der Waals surface area contributed by atoms with Crippen LogP contribution in [0.15, 0.2) is 30.3 Å². The van der Waals surface area contributed by atoms with Gasteiger partial charge in [-0.1, -0.05) is 44.2 Å². The van der Waals surface area contributed by atoms with Crippen LogP contribution >= 0.6 is 0 Å². The zero-order chi connectivity index (χ0) is 12.1. The topological polar surface area (TPSA) is 21.3 Å². The predicted molar refractivity (Wildman–Crippen MR) is 71.2 cm³/mol. The molecule has 17 heavy (non-hydrogen) atoms. The molecule has 1 aliphatic carbocycles. The molecule has 1 fully saturated rings. The van der Waals surface area contributed by atoms with E-state index in [1.165, 1.54) is 12.0 Å². The summed E-state index contributed by atoms with van der Waals surface area (Å²) in [6.07, 6.45) is 1.27. The molecule has 2 atom stereocenters. The first kappa shape index (κ1) is 12.6. The maximum Gasteiger partial charge on any atom is 0.0591 e. The lowest BCUT2D eigenvalue weighted by atomic mass is 10.1. The van der Waals surface area contributed by atoms with Crippen molar-refractivity contribution in [2.45, 2.75) is 32.2 Å². The minimum absolute atomic E-state index is 0.632. The van der Waals surface area contributed by atoms with E-state index in [0.29, 0.717) is 12.0 Å². The molecule has 2 heteroatoms. The van der Waals surface area contributed by atoms with Gasteiger partial charge in [-0.15, -0.1) is 0 Å². The minimum atomic E-state index is 0.632. The Balaban J connectivity index is 1.58. The van der Waals surface area contributed by atoms with Gasteiger partial charge in [0.25, 0.3) is 0 Å². The third-order valence-electron chi connectivity index (χ3n) is 3.12. The number of nitrogens with one attached hydrogen (secondary N) is 1. The average Bonchev–Trinajstić information content (AvgIpc) is 3.09. The highest BCUT2D eigenvalue weighted by Crippen LogP contribution is 2.40. The molecular weight excluding hydrogens is 210 g/mol. The maximum atomic E-state index is 5.55. The molecule has 0 heterocycles. The predicted octanol–water partition coefficient (Wildman–Crippen LogP) is 2.80. The number of rotatable bonds is 7. The summed E-state index contributed by atoms with van der Waals surface area (Å²) < 4.78 is 5.55. The van der Waals surface area contributed by atoms with Crippen LogP contribution in [-0.4, -0.2) is 25.8 Å². The third-order valence-corrected chi connectivity index (χ3v) is 3.12. The van der Waals surface area contributed by atoms with E-state index in [1.54, 1.807) is 0 Å². The van der Waals surface area contributed by atoms with Crippen molar-refractivity contribution in [3.05, 3.63) is 35.9 Å². The summed E-state index contributed by atoms with van der Waals surface area (Å²) in [7, 11) is 0. The van der Waals surface area contributed by atoms with Crippen molar-refractivity contribution in [3.63, 3.8) is 0 Å². The first-order valence-corrected chi connectivity index (χ1v) is 6.63. The standard InChI is InChI=1S/C15H23NO/c1-12(2)11-17-9-8-16-15-10-14(15)13-6-4-3-5-7-13/h3-7,12,14-16H,8-11H2,1-2H3. The van der Waals surface area contributed by atoms with Crippen LogP contribution in [0.1, 0.15) is 31.7 Å². The number of benzene rings is 1. The molecule has 0 radical (unpaired) electrons. The number of hydrogen-bond acceptors (Lipinski definition) is 2. The fraction of sp³-hybridized carbons (Fsp3) is 0.600. The fourth-order valence-electron chi connectivity index (χ4n) is 2.12. The highest BCUT2D eigenvalue weighted by Gasteiger charge is 2.37. The van der Waals surface area contributed by atoms with E-state index in [4.69, 9.17) is 4.74 Å². The van der Waals surface area contributed by atoms with Crippen LogP contribution < -0.4 is 5.32 Å². The average molecular weight is 233 g/mol. The van der Waals surface area contributed by atoms with Crippen molar-refractivity contribution < 1.29 is 4.74 Å². The molecule has 2 unspecified atom stereocenters. The Morgan fingerprint density at radius 3 is 2.76 bits per heavy atom. The van der Waals surface area contributed by atoms with E-state index in [-0.39, 0.29) is 0 Å². The number of ether oxygens (including phenoxy) is 1. The molecule has 1 aromatic carbocycles. The molecule has 2 rings (SSSR count). The molecule has 1 aliphatic rings. The lowest BCUT2D eigenvalue weighted by Gasteiger charge is -2.07. The Morgan fingerprint density at radius 1 is 1.29 bits per heavy atom. The van der Waals surface area contributed by atoms with E-state index in [9.17, 15) is 0 Å². The fourth-order valence-corrected chi connectivity index (χ4v) is 2.12. The van der Waals surface area contributed by atoms with Gasteiger partial charge in [0.1, 0.15) is 0 Å². The van der Waals surface area contributed by atoms with Crippen molar-refractivity contribution >= 4 is 0 Å². The lowest BCUT2D eigenvalue weighted by Crippen LogP contribution is -2.23. The SMILES string of the molecule is CC(C)COCCNC1CC1c1ccccc1. The second kappa shape index (κ2) is 6.18. The first-order valence-electron chi connectivity index (χ1n) is 6.63. The van der Waals surface area contributed by atoms with Gasteiger partial charge in [0, 0.05) is 25.1 Å². The van der Waals surface area contributed by atoms with Crippen LogP contribution in [0.4, 0.5) is 0 Å². The largest absolute Gasteiger partial charge is 0.380 e. The van der Waals surface area contributed by atoms with Gasteiger partial charge in [-0.3, -0.25) is 0 Å². The molecule has 0 aliphatic heterocycles. The summed E-state index contributed by atoms with van der Waals surface area (Å²) in [5.74, 6) is 1.36. The molecule has 0 bridgehead atoms. The molecule has 1 saturated carbocycles. The van der Waals surface area contributed by atoms with Crippen molar-refractivity contribution in [1.82, 2.24) is 5.32 Å². The van der Waals surface area contributed by atoms with Crippen LogP contribution in [0.2, 0.25) is 0 Å². The van der Waals surface area contributed by atoms with Gasteiger partial charge in [-0.05, 0) is 17.9 Å². The van der Waals surface area contributed by atoms with Gasteiger partial charge in [-0.25, -0.2) is 0 Å². The van der Waals surface area contributed by atoms with E-state index >= 15 is 0 Å². The summed E-state index contributed by atoms with van der Waals surface area (Å²) in [5.41, 5.74) is 1.47. The first-order chi connectivity index (χ1) is 8.27. The molecule has 2 nitrogen and oxygen atoms in total. The summed E-state index contributed by atoms with van der Waals surface area (Å²) in [6, 6.07) is 11.4. The van der Waals surface area contributed by atoms with E-state index in [0.717, 1.165) is 25.7 Å². The van der Waals surface area contributed by atoms with Gasteiger partial charge in [-0.2, -0.15) is 0 Å². The number of hydrogen-bond donors (Lipinski definition) is 1. The zero-order valence-electron chi connectivity index (χ0n) is 10.9. The molecule has 94 valence electrons. The molecule has 0 amide bonds. The van der Waals surface area contributed by atoms with Gasteiger partial charge in [0.2, 0.25) is 0 Å². The smallest absolute Gasteiger partial charge is 0.0591 e. The van der Waals surface area contributed by atoms with Gasteiger partial charge in [0.05, 0.1) is 6.61 Å². The Hall–Kier alpha value is -0.860. The Labute approximate surface area is 104 Å². The van der Waals surface area contributed by atoms with Crippen molar-refractivity contribution in [1.29, 1.82) is 0 Å². The third kappa shape index (κ3) is 4.14. The molecule has 1 N–H and O–H groups in total. The van der Waals surface area contributed by atoms with Crippen molar-refractivity contribution in [2.24, 2.45) is 5.92 Å². The summed E-state index contributed by atoms with van der Waals surface area (Å²) >= 11 is 0. The highest BCUT2D eigenvalue weighted by molar-refractivity contribution is 5.27. The van der Waals surface area contributed by atoms with Gasteiger partial charge in [0.15, 0.2) is 0 Å². The van der Waals surface area contributed by atoms with E-state index < -0.39 is 0 Å². The molecule has 0 saturated heterocycles. The summed E-state index contributed by atoms with van der Waals surface area (Å²) in [5, 5.41) is 3.55. The van der Waals surface area contributed by atoms with Crippen LogP contribution in [0.3, 0.4) is 0 Å². The van der Waals surface area contributed by atoms with E-state index in [2.05, 4.69) is 49.5 Å². The molecule has 1 aromatic rings. The van der Waals surface area contributed by atoms with Crippen LogP contribution in [0.5, 0.6) is 0 Å². The summed E-state index contributed by atoms with van der Waals surface area (Å²) in [6.45, 7) is 7.03.